The fraction of sp³-hybridized carbons (Fsp3) is 0.278. The molecule has 0 aliphatic rings. The molecule has 110 valence electrons. The molecule has 0 spiro atoms. The van der Waals surface area contributed by atoms with Crippen LogP contribution < -0.4 is 10.1 Å². The van der Waals surface area contributed by atoms with E-state index in [1.807, 2.05) is 58.0 Å². The van der Waals surface area contributed by atoms with Crippen molar-refractivity contribution >= 4 is 11.6 Å². The Morgan fingerprint density at radius 2 is 1.71 bits per heavy atom. The largest absolute Gasteiger partial charge is 0.491 e. The molecule has 21 heavy (non-hydrogen) atoms. The van der Waals surface area contributed by atoms with E-state index in [4.69, 9.17) is 4.74 Å². The van der Waals surface area contributed by atoms with Crippen LogP contribution in [0.25, 0.3) is 0 Å². The highest BCUT2D eigenvalue weighted by Gasteiger charge is 2.08. The van der Waals surface area contributed by atoms with E-state index in [0.29, 0.717) is 5.56 Å². The Labute approximate surface area is 126 Å². The summed E-state index contributed by atoms with van der Waals surface area (Å²) in [6.07, 6.45) is 0.125. The quantitative estimate of drug-likeness (QED) is 0.906. The maximum absolute atomic E-state index is 12.3. The molecule has 0 radical (unpaired) electrons. The molecular weight excluding hydrogens is 262 g/mol. The van der Waals surface area contributed by atoms with Crippen molar-refractivity contribution in [1.82, 2.24) is 0 Å². The third-order valence-corrected chi connectivity index (χ3v) is 3.13. The first-order valence-electron chi connectivity index (χ1n) is 7.11. The van der Waals surface area contributed by atoms with Gasteiger partial charge >= 0.3 is 0 Å². The molecule has 1 N–H and O–H groups in total. The van der Waals surface area contributed by atoms with Crippen LogP contribution in [0, 0.1) is 13.8 Å². The zero-order chi connectivity index (χ0) is 15.4. The van der Waals surface area contributed by atoms with E-state index in [1.165, 1.54) is 0 Å². The van der Waals surface area contributed by atoms with Gasteiger partial charge in [0.1, 0.15) is 5.75 Å². The van der Waals surface area contributed by atoms with E-state index in [1.54, 1.807) is 12.1 Å². The summed E-state index contributed by atoms with van der Waals surface area (Å²) in [6, 6.07) is 13.2. The number of rotatable bonds is 4. The number of benzene rings is 2. The molecule has 3 nitrogen and oxygen atoms in total. The molecule has 0 aliphatic carbocycles. The smallest absolute Gasteiger partial charge is 0.255 e. The fourth-order valence-corrected chi connectivity index (χ4v) is 2.02. The fourth-order valence-electron chi connectivity index (χ4n) is 2.02. The van der Waals surface area contributed by atoms with Gasteiger partial charge in [0.2, 0.25) is 0 Å². The van der Waals surface area contributed by atoms with Crippen molar-refractivity contribution in [3.63, 3.8) is 0 Å². The molecule has 1 amide bonds. The Morgan fingerprint density at radius 1 is 1.05 bits per heavy atom. The summed E-state index contributed by atoms with van der Waals surface area (Å²) >= 11 is 0. The summed E-state index contributed by atoms with van der Waals surface area (Å²) in [5.41, 5.74) is 3.64. The molecule has 0 bridgehead atoms. The number of hydrogen-bond acceptors (Lipinski definition) is 2. The van der Waals surface area contributed by atoms with E-state index in [-0.39, 0.29) is 12.0 Å². The molecule has 0 aliphatic heterocycles. The monoisotopic (exact) mass is 283 g/mol. The van der Waals surface area contributed by atoms with Gasteiger partial charge < -0.3 is 10.1 Å². The van der Waals surface area contributed by atoms with Crippen molar-refractivity contribution in [2.75, 3.05) is 5.32 Å². The van der Waals surface area contributed by atoms with Crippen LogP contribution in [0.15, 0.2) is 42.5 Å². The van der Waals surface area contributed by atoms with Crippen molar-refractivity contribution in [1.29, 1.82) is 0 Å². The van der Waals surface area contributed by atoms with Crippen LogP contribution in [-0.4, -0.2) is 12.0 Å². The Morgan fingerprint density at radius 3 is 2.33 bits per heavy atom. The van der Waals surface area contributed by atoms with Crippen LogP contribution in [0.5, 0.6) is 5.75 Å². The second-order valence-corrected chi connectivity index (χ2v) is 5.46. The molecule has 0 heterocycles. The van der Waals surface area contributed by atoms with Crippen molar-refractivity contribution in [3.8, 4) is 5.75 Å². The lowest BCUT2D eigenvalue weighted by molar-refractivity contribution is 0.102. The normalized spacial score (nSPS) is 10.5. The zero-order valence-corrected chi connectivity index (χ0v) is 12.9. The zero-order valence-electron chi connectivity index (χ0n) is 12.9. The molecule has 2 rings (SSSR count). The second kappa shape index (κ2) is 6.44. The van der Waals surface area contributed by atoms with Gasteiger partial charge in [0, 0.05) is 11.3 Å². The number of anilines is 1. The Hall–Kier alpha value is -2.29. The number of aryl methyl sites for hydroxylation is 2. The van der Waals surface area contributed by atoms with Crippen LogP contribution in [0.2, 0.25) is 0 Å². The summed E-state index contributed by atoms with van der Waals surface area (Å²) in [5, 5.41) is 2.95. The summed E-state index contributed by atoms with van der Waals surface area (Å²) < 4.78 is 5.57. The van der Waals surface area contributed by atoms with E-state index in [2.05, 4.69) is 5.32 Å². The molecule has 0 saturated heterocycles. The first-order valence-corrected chi connectivity index (χ1v) is 7.11. The number of hydrogen-bond donors (Lipinski definition) is 1. The highest BCUT2D eigenvalue weighted by Crippen LogP contribution is 2.19. The molecule has 0 fully saturated rings. The lowest BCUT2D eigenvalue weighted by atomic mass is 10.1. The number of amides is 1. The van der Waals surface area contributed by atoms with E-state index < -0.39 is 0 Å². The second-order valence-electron chi connectivity index (χ2n) is 5.46. The summed E-state index contributed by atoms with van der Waals surface area (Å²) in [5.74, 6) is 0.660. The number of nitrogens with one attached hydrogen (secondary N) is 1. The number of ether oxygens (including phenoxy) is 1. The van der Waals surface area contributed by atoms with Gasteiger partial charge in [-0.1, -0.05) is 12.1 Å². The Bertz CT molecular complexity index is 630. The van der Waals surface area contributed by atoms with Gasteiger partial charge in [-0.25, -0.2) is 0 Å². The Balaban J connectivity index is 2.11. The highest BCUT2D eigenvalue weighted by molar-refractivity contribution is 6.04. The lowest BCUT2D eigenvalue weighted by Gasteiger charge is -2.11. The number of carbonyl (C=O) groups excluding carboxylic acids is 1. The van der Waals surface area contributed by atoms with Gasteiger partial charge in [0.25, 0.3) is 5.91 Å². The summed E-state index contributed by atoms with van der Waals surface area (Å²) in [7, 11) is 0. The lowest BCUT2D eigenvalue weighted by Crippen LogP contribution is -2.13. The average Bonchev–Trinajstić information content (AvgIpc) is 2.43. The molecule has 3 heteroatoms. The minimum absolute atomic E-state index is 0.111. The van der Waals surface area contributed by atoms with E-state index >= 15 is 0 Å². The van der Waals surface area contributed by atoms with Crippen LogP contribution in [0.1, 0.15) is 35.3 Å². The van der Waals surface area contributed by atoms with Crippen LogP contribution >= 0.6 is 0 Å². The first-order chi connectivity index (χ1) is 9.95. The van der Waals surface area contributed by atoms with Gasteiger partial charge in [0.05, 0.1) is 6.10 Å². The van der Waals surface area contributed by atoms with Crippen LogP contribution in [0.3, 0.4) is 0 Å². The van der Waals surface area contributed by atoms with Gasteiger partial charge in [-0.15, -0.1) is 0 Å². The molecule has 2 aromatic rings. The topological polar surface area (TPSA) is 38.3 Å². The van der Waals surface area contributed by atoms with Gasteiger partial charge in [-0.2, -0.15) is 0 Å². The number of carbonyl (C=O) groups is 1. The van der Waals surface area contributed by atoms with Gasteiger partial charge in [-0.3, -0.25) is 4.79 Å². The predicted octanol–water partition coefficient (Wildman–Crippen LogP) is 4.34. The molecular formula is C18H21NO2. The SMILES string of the molecule is Cc1ccc(C)c(NC(=O)c2ccc(OC(C)C)cc2)c1. The third-order valence-electron chi connectivity index (χ3n) is 3.13. The minimum atomic E-state index is -0.111. The highest BCUT2D eigenvalue weighted by atomic mass is 16.5. The molecule has 2 aromatic carbocycles. The molecule has 0 unspecified atom stereocenters. The third kappa shape index (κ3) is 4.09. The summed E-state index contributed by atoms with van der Waals surface area (Å²) in [6.45, 7) is 7.93. The first kappa shape index (κ1) is 15.1. The maximum atomic E-state index is 12.3. The van der Waals surface area contributed by atoms with Crippen LogP contribution in [0.4, 0.5) is 5.69 Å². The maximum Gasteiger partial charge on any atom is 0.255 e. The molecule has 0 atom stereocenters. The van der Waals surface area contributed by atoms with Crippen molar-refractivity contribution < 1.29 is 9.53 Å². The van der Waals surface area contributed by atoms with E-state index in [0.717, 1.165) is 22.6 Å². The standard InChI is InChI=1S/C18H21NO2/c1-12(2)21-16-9-7-15(8-10-16)18(20)19-17-11-13(3)5-6-14(17)4/h5-12H,1-4H3,(H,19,20). The van der Waals surface area contributed by atoms with Crippen LogP contribution in [-0.2, 0) is 0 Å². The average molecular weight is 283 g/mol. The van der Waals surface area contributed by atoms with E-state index in [9.17, 15) is 4.79 Å². The summed E-state index contributed by atoms with van der Waals surface area (Å²) in [4.78, 5) is 12.3. The van der Waals surface area contributed by atoms with Crippen molar-refractivity contribution in [3.05, 3.63) is 59.2 Å². The van der Waals surface area contributed by atoms with Crippen molar-refractivity contribution in [2.24, 2.45) is 0 Å². The van der Waals surface area contributed by atoms with Crippen molar-refractivity contribution in [2.45, 2.75) is 33.8 Å². The molecule has 0 aromatic heterocycles. The predicted molar refractivity (Wildman–Crippen MR) is 86.1 cm³/mol. The minimum Gasteiger partial charge on any atom is -0.491 e. The molecule has 0 saturated carbocycles. The van der Waals surface area contributed by atoms with Gasteiger partial charge in [-0.05, 0) is 69.2 Å². The Kier molecular flexibility index (Phi) is 4.63. The van der Waals surface area contributed by atoms with Gasteiger partial charge in [0.15, 0.2) is 0 Å².